The summed E-state index contributed by atoms with van der Waals surface area (Å²) >= 11 is 0. The molecule has 0 spiro atoms. The van der Waals surface area contributed by atoms with Crippen molar-refractivity contribution >= 4 is 11.6 Å². The maximum absolute atomic E-state index is 11.8. The van der Waals surface area contributed by atoms with Crippen molar-refractivity contribution in [3.05, 3.63) is 42.0 Å². The quantitative estimate of drug-likeness (QED) is 0.773. The first-order valence-corrected chi connectivity index (χ1v) is 5.15. The van der Waals surface area contributed by atoms with Gasteiger partial charge in [0.25, 0.3) is 5.91 Å². The van der Waals surface area contributed by atoms with Crippen molar-refractivity contribution in [1.82, 2.24) is 9.55 Å². The van der Waals surface area contributed by atoms with Gasteiger partial charge < -0.3 is 15.0 Å². The summed E-state index contributed by atoms with van der Waals surface area (Å²) in [7, 11) is 1.80. The number of aromatic nitrogens is 2. The van der Waals surface area contributed by atoms with Crippen LogP contribution < -0.4 is 5.32 Å². The average Bonchev–Trinajstić information content (AvgIpc) is 2.70. The van der Waals surface area contributed by atoms with Crippen LogP contribution in [0.2, 0.25) is 0 Å². The van der Waals surface area contributed by atoms with E-state index in [1.165, 1.54) is 0 Å². The Morgan fingerprint density at radius 3 is 2.82 bits per heavy atom. The van der Waals surface area contributed by atoms with Gasteiger partial charge in [0.05, 0.1) is 6.33 Å². The van der Waals surface area contributed by atoms with Gasteiger partial charge in [0.15, 0.2) is 0 Å². The van der Waals surface area contributed by atoms with Gasteiger partial charge in [-0.25, -0.2) is 4.98 Å². The summed E-state index contributed by atoms with van der Waals surface area (Å²) < 4.78 is 1.71. The fourth-order valence-corrected chi connectivity index (χ4v) is 1.46. The molecule has 2 rings (SSSR count). The van der Waals surface area contributed by atoms with Gasteiger partial charge in [0.2, 0.25) is 0 Å². The lowest BCUT2D eigenvalue weighted by molar-refractivity contribution is 0.102. The van der Waals surface area contributed by atoms with Gasteiger partial charge in [-0.2, -0.15) is 0 Å². The van der Waals surface area contributed by atoms with Gasteiger partial charge in [-0.15, -0.1) is 0 Å². The number of phenols is 1. The fraction of sp³-hybridized carbons (Fsp3) is 0.167. The third-order valence-corrected chi connectivity index (χ3v) is 2.39. The summed E-state index contributed by atoms with van der Waals surface area (Å²) in [5, 5.41) is 12.1. The lowest BCUT2D eigenvalue weighted by Gasteiger charge is -2.05. The Labute approximate surface area is 98.7 Å². The van der Waals surface area contributed by atoms with Crippen molar-refractivity contribution < 1.29 is 9.90 Å². The minimum absolute atomic E-state index is 0.209. The van der Waals surface area contributed by atoms with Crippen molar-refractivity contribution in [3.8, 4) is 5.75 Å². The van der Waals surface area contributed by atoms with E-state index in [2.05, 4.69) is 10.3 Å². The molecule has 0 unspecified atom stereocenters. The summed E-state index contributed by atoms with van der Waals surface area (Å²) in [6, 6.07) is 4.89. The zero-order valence-electron chi connectivity index (χ0n) is 9.64. The summed E-state index contributed by atoms with van der Waals surface area (Å²) in [4.78, 5) is 15.7. The molecule has 1 aromatic heterocycles. The molecule has 0 aliphatic carbocycles. The Morgan fingerprint density at radius 2 is 2.24 bits per heavy atom. The zero-order valence-corrected chi connectivity index (χ0v) is 9.64. The zero-order chi connectivity index (χ0) is 12.4. The summed E-state index contributed by atoms with van der Waals surface area (Å²) in [5.41, 5.74) is 1.71. The van der Waals surface area contributed by atoms with Crippen LogP contribution in [0.3, 0.4) is 0 Å². The Balaban J connectivity index is 2.15. The van der Waals surface area contributed by atoms with E-state index in [9.17, 15) is 9.90 Å². The highest BCUT2D eigenvalue weighted by molar-refractivity contribution is 6.02. The van der Waals surface area contributed by atoms with Crippen molar-refractivity contribution in [2.24, 2.45) is 7.05 Å². The molecule has 0 aliphatic heterocycles. The number of amides is 1. The predicted octanol–water partition coefficient (Wildman–Crippen LogP) is 1.69. The molecule has 1 aromatic carbocycles. The summed E-state index contributed by atoms with van der Waals surface area (Å²) in [6.45, 7) is 1.77. The number of aryl methyl sites for hydroxylation is 2. The van der Waals surface area contributed by atoms with Gasteiger partial charge in [0.1, 0.15) is 11.4 Å². The average molecular weight is 231 g/mol. The topological polar surface area (TPSA) is 67.2 Å². The normalized spacial score (nSPS) is 10.2. The predicted molar refractivity (Wildman–Crippen MR) is 64.0 cm³/mol. The summed E-state index contributed by atoms with van der Waals surface area (Å²) in [5.74, 6) is -0.0588. The van der Waals surface area contributed by atoms with E-state index in [-0.39, 0.29) is 11.7 Å². The Kier molecular flexibility index (Phi) is 2.82. The van der Waals surface area contributed by atoms with E-state index < -0.39 is 0 Å². The van der Waals surface area contributed by atoms with Crippen LogP contribution >= 0.6 is 0 Å². The van der Waals surface area contributed by atoms with Crippen molar-refractivity contribution in [2.75, 3.05) is 5.32 Å². The molecular formula is C12H13N3O2. The number of hydrogen-bond donors (Lipinski definition) is 2. The lowest BCUT2D eigenvalue weighted by Crippen LogP contribution is -2.12. The van der Waals surface area contributed by atoms with Crippen LogP contribution in [0.25, 0.3) is 0 Å². The number of nitrogens with one attached hydrogen (secondary N) is 1. The van der Waals surface area contributed by atoms with E-state index in [4.69, 9.17) is 0 Å². The first-order chi connectivity index (χ1) is 8.06. The molecule has 0 saturated heterocycles. The second kappa shape index (κ2) is 4.29. The number of benzene rings is 1. The van der Waals surface area contributed by atoms with Crippen LogP contribution in [0.15, 0.2) is 30.7 Å². The highest BCUT2D eigenvalue weighted by Gasteiger charge is 2.09. The fourth-order valence-electron chi connectivity index (χ4n) is 1.46. The number of rotatable bonds is 2. The smallest absolute Gasteiger partial charge is 0.275 e. The number of imidazole rings is 1. The third-order valence-electron chi connectivity index (χ3n) is 2.39. The van der Waals surface area contributed by atoms with Crippen LogP contribution in [0.4, 0.5) is 5.69 Å². The third kappa shape index (κ3) is 2.44. The van der Waals surface area contributed by atoms with Gasteiger partial charge >= 0.3 is 0 Å². The number of hydrogen-bond acceptors (Lipinski definition) is 3. The minimum atomic E-state index is -0.268. The lowest BCUT2D eigenvalue weighted by atomic mass is 10.2. The summed E-state index contributed by atoms with van der Waals surface area (Å²) in [6.07, 6.45) is 3.21. The molecule has 5 nitrogen and oxygen atoms in total. The number of carbonyl (C=O) groups excluding carboxylic acids is 1. The molecule has 0 bridgehead atoms. The van der Waals surface area contributed by atoms with Crippen LogP contribution in [0.5, 0.6) is 5.75 Å². The molecule has 1 amide bonds. The van der Waals surface area contributed by atoms with Crippen LogP contribution in [-0.2, 0) is 7.05 Å². The SMILES string of the molecule is Cc1cc(NC(=O)c2cn(C)cn2)ccc1O. The molecule has 0 fully saturated rings. The Bertz CT molecular complexity index is 561. The monoisotopic (exact) mass is 231 g/mol. The molecule has 17 heavy (non-hydrogen) atoms. The maximum Gasteiger partial charge on any atom is 0.275 e. The number of anilines is 1. The van der Waals surface area contributed by atoms with Gasteiger partial charge in [0, 0.05) is 18.9 Å². The largest absolute Gasteiger partial charge is 0.508 e. The van der Waals surface area contributed by atoms with Crippen LogP contribution in [0, 0.1) is 6.92 Å². The van der Waals surface area contributed by atoms with Crippen molar-refractivity contribution in [1.29, 1.82) is 0 Å². The molecule has 2 N–H and O–H groups in total. The first kappa shape index (κ1) is 11.2. The number of phenolic OH excluding ortho intramolecular Hbond substituents is 1. The van der Waals surface area contributed by atoms with Gasteiger partial charge in [-0.05, 0) is 30.7 Å². The van der Waals surface area contributed by atoms with E-state index in [0.29, 0.717) is 16.9 Å². The van der Waals surface area contributed by atoms with Gasteiger partial charge in [-0.1, -0.05) is 0 Å². The molecule has 0 atom stereocenters. The molecule has 0 saturated carbocycles. The first-order valence-electron chi connectivity index (χ1n) is 5.15. The highest BCUT2D eigenvalue weighted by atomic mass is 16.3. The minimum Gasteiger partial charge on any atom is -0.508 e. The molecule has 1 heterocycles. The molecule has 2 aromatic rings. The van der Waals surface area contributed by atoms with E-state index >= 15 is 0 Å². The van der Waals surface area contributed by atoms with Crippen molar-refractivity contribution in [2.45, 2.75) is 6.92 Å². The Hall–Kier alpha value is -2.30. The van der Waals surface area contributed by atoms with Gasteiger partial charge in [-0.3, -0.25) is 4.79 Å². The molecule has 0 aliphatic rings. The molecule has 0 radical (unpaired) electrons. The van der Waals surface area contributed by atoms with E-state index in [1.807, 2.05) is 0 Å². The van der Waals surface area contributed by atoms with Crippen LogP contribution in [-0.4, -0.2) is 20.6 Å². The number of aromatic hydroxyl groups is 1. The van der Waals surface area contributed by atoms with E-state index in [1.54, 1.807) is 49.3 Å². The second-order valence-electron chi connectivity index (χ2n) is 3.88. The second-order valence-corrected chi connectivity index (χ2v) is 3.88. The molecular weight excluding hydrogens is 218 g/mol. The highest BCUT2D eigenvalue weighted by Crippen LogP contribution is 2.20. The molecule has 5 heteroatoms. The van der Waals surface area contributed by atoms with E-state index in [0.717, 1.165) is 0 Å². The standard InChI is InChI=1S/C12H13N3O2/c1-8-5-9(3-4-11(8)16)14-12(17)10-6-15(2)7-13-10/h3-7,16H,1-2H3,(H,14,17). The number of carbonyl (C=O) groups is 1. The Morgan fingerprint density at radius 1 is 1.47 bits per heavy atom. The maximum atomic E-state index is 11.8. The van der Waals surface area contributed by atoms with Crippen molar-refractivity contribution in [3.63, 3.8) is 0 Å². The van der Waals surface area contributed by atoms with Crippen LogP contribution in [0.1, 0.15) is 16.1 Å². The number of nitrogens with zero attached hydrogens (tertiary/aromatic N) is 2. The molecule has 88 valence electrons.